The van der Waals surface area contributed by atoms with Crippen molar-refractivity contribution in [2.45, 2.75) is 18.9 Å². The number of hydrogen-bond donors (Lipinski definition) is 1. The molecule has 1 aromatic heterocycles. The number of nitrogens with two attached hydrogens (primary N) is 1. The van der Waals surface area contributed by atoms with Gasteiger partial charge in [-0.2, -0.15) is 0 Å². The monoisotopic (exact) mass is 199 g/mol. The van der Waals surface area contributed by atoms with Gasteiger partial charge in [-0.1, -0.05) is 6.07 Å². The maximum atomic E-state index is 6.14. The van der Waals surface area contributed by atoms with E-state index in [1.165, 1.54) is 18.4 Å². The summed E-state index contributed by atoms with van der Waals surface area (Å²) in [7, 11) is 0. The third kappa shape index (κ3) is 1.59. The van der Waals surface area contributed by atoms with Crippen LogP contribution in [-0.2, 0) is 0 Å². The van der Waals surface area contributed by atoms with Gasteiger partial charge in [0, 0.05) is 18.4 Å². The van der Waals surface area contributed by atoms with Crippen LogP contribution >= 0.6 is 0 Å². The number of fused-ring (bicyclic) bond motifs is 1. The maximum Gasteiger partial charge on any atom is 0.0890 e. The van der Waals surface area contributed by atoms with E-state index in [2.05, 4.69) is 22.1 Å². The van der Waals surface area contributed by atoms with E-state index in [4.69, 9.17) is 5.73 Å². The normalized spacial score (nSPS) is 17.9. The van der Waals surface area contributed by atoms with E-state index in [-0.39, 0.29) is 6.04 Å². The van der Waals surface area contributed by atoms with E-state index in [0.29, 0.717) is 5.92 Å². The summed E-state index contributed by atoms with van der Waals surface area (Å²) in [4.78, 5) is 8.52. The quantitative estimate of drug-likeness (QED) is 0.805. The minimum atomic E-state index is 0.177. The molecule has 3 rings (SSSR count). The fraction of sp³-hybridized carbons (Fsp3) is 0.333. The zero-order valence-corrected chi connectivity index (χ0v) is 8.43. The fourth-order valence-corrected chi connectivity index (χ4v) is 1.92. The molecule has 0 saturated heterocycles. The molecule has 1 aliphatic carbocycles. The molecule has 3 heteroatoms. The van der Waals surface area contributed by atoms with Gasteiger partial charge < -0.3 is 5.73 Å². The summed E-state index contributed by atoms with van der Waals surface area (Å²) in [5.74, 6) is 0.680. The number of benzene rings is 1. The van der Waals surface area contributed by atoms with Gasteiger partial charge in [0.2, 0.25) is 0 Å². The predicted molar refractivity (Wildman–Crippen MR) is 59.2 cm³/mol. The number of hydrogen-bond acceptors (Lipinski definition) is 3. The van der Waals surface area contributed by atoms with Crippen LogP contribution < -0.4 is 5.73 Å². The molecular formula is C12H13N3. The summed E-state index contributed by atoms with van der Waals surface area (Å²) in [5.41, 5.74) is 9.20. The summed E-state index contributed by atoms with van der Waals surface area (Å²) in [6.45, 7) is 0. The van der Waals surface area contributed by atoms with E-state index in [1.54, 1.807) is 12.4 Å². The van der Waals surface area contributed by atoms with Crippen LogP contribution in [0.2, 0.25) is 0 Å². The van der Waals surface area contributed by atoms with Crippen molar-refractivity contribution in [3.8, 4) is 0 Å². The summed E-state index contributed by atoms with van der Waals surface area (Å²) < 4.78 is 0. The van der Waals surface area contributed by atoms with Crippen LogP contribution in [0.1, 0.15) is 24.4 Å². The highest BCUT2D eigenvalue weighted by atomic mass is 14.8. The first kappa shape index (κ1) is 8.80. The van der Waals surface area contributed by atoms with Crippen LogP contribution in [0.5, 0.6) is 0 Å². The molecule has 1 aromatic carbocycles. The molecule has 0 spiro atoms. The molecule has 1 aliphatic rings. The van der Waals surface area contributed by atoms with Crippen LogP contribution in [0, 0.1) is 5.92 Å². The molecular weight excluding hydrogens is 186 g/mol. The van der Waals surface area contributed by atoms with Gasteiger partial charge in [-0.05, 0) is 36.5 Å². The standard InChI is InChI=1S/C12H13N3/c13-12(8-1-2-8)9-3-4-10-11(7-9)15-6-5-14-10/h3-8,12H,1-2,13H2/t12-/m0/s1. The zero-order valence-electron chi connectivity index (χ0n) is 8.43. The Morgan fingerprint density at radius 1 is 1.13 bits per heavy atom. The van der Waals surface area contributed by atoms with Crippen LogP contribution in [0.25, 0.3) is 11.0 Å². The first-order chi connectivity index (χ1) is 7.34. The topological polar surface area (TPSA) is 51.8 Å². The van der Waals surface area contributed by atoms with Crippen molar-refractivity contribution in [3.63, 3.8) is 0 Å². The van der Waals surface area contributed by atoms with E-state index in [9.17, 15) is 0 Å². The van der Waals surface area contributed by atoms with Crippen molar-refractivity contribution in [2.24, 2.45) is 11.7 Å². The highest BCUT2D eigenvalue weighted by Gasteiger charge is 2.29. The minimum absolute atomic E-state index is 0.177. The Bertz CT molecular complexity index is 491. The average molecular weight is 199 g/mol. The van der Waals surface area contributed by atoms with E-state index >= 15 is 0 Å². The second kappa shape index (κ2) is 3.28. The summed E-state index contributed by atoms with van der Waals surface area (Å²) >= 11 is 0. The molecule has 0 radical (unpaired) electrons. The predicted octanol–water partition coefficient (Wildman–Crippen LogP) is 2.04. The third-order valence-electron chi connectivity index (χ3n) is 3.01. The second-order valence-electron chi connectivity index (χ2n) is 4.17. The molecule has 1 heterocycles. The van der Waals surface area contributed by atoms with Crippen molar-refractivity contribution in [2.75, 3.05) is 0 Å². The molecule has 2 aromatic rings. The third-order valence-corrected chi connectivity index (χ3v) is 3.01. The van der Waals surface area contributed by atoms with Crippen molar-refractivity contribution in [1.82, 2.24) is 9.97 Å². The lowest BCUT2D eigenvalue weighted by atomic mass is 10.0. The molecule has 2 N–H and O–H groups in total. The van der Waals surface area contributed by atoms with Gasteiger partial charge in [0.05, 0.1) is 11.0 Å². The molecule has 0 unspecified atom stereocenters. The van der Waals surface area contributed by atoms with Gasteiger partial charge in [0.1, 0.15) is 0 Å². The van der Waals surface area contributed by atoms with Gasteiger partial charge in [-0.15, -0.1) is 0 Å². The van der Waals surface area contributed by atoms with Crippen molar-refractivity contribution in [3.05, 3.63) is 36.2 Å². The van der Waals surface area contributed by atoms with Crippen LogP contribution in [0.3, 0.4) is 0 Å². The van der Waals surface area contributed by atoms with Gasteiger partial charge in [0.25, 0.3) is 0 Å². The first-order valence-corrected chi connectivity index (χ1v) is 5.31. The molecule has 15 heavy (non-hydrogen) atoms. The molecule has 1 saturated carbocycles. The maximum absolute atomic E-state index is 6.14. The summed E-state index contributed by atoms with van der Waals surface area (Å²) in [5, 5.41) is 0. The highest BCUT2D eigenvalue weighted by Crippen LogP contribution is 2.39. The lowest BCUT2D eigenvalue weighted by Gasteiger charge is -2.10. The largest absolute Gasteiger partial charge is 0.324 e. The molecule has 0 amide bonds. The number of aromatic nitrogens is 2. The Kier molecular flexibility index (Phi) is 1.92. The van der Waals surface area contributed by atoms with Crippen molar-refractivity contribution in [1.29, 1.82) is 0 Å². The Morgan fingerprint density at radius 2 is 1.87 bits per heavy atom. The smallest absolute Gasteiger partial charge is 0.0890 e. The second-order valence-corrected chi connectivity index (χ2v) is 4.17. The number of nitrogens with zero attached hydrogens (tertiary/aromatic N) is 2. The van der Waals surface area contributed by atoms with E-state index in [1.807, 2.05) is 6.07 Å². The summed E-state index contributed by atoms with van der Waals surface area (Å²) in [6.07, 6.45) is 5.96. The molecule has 1 fully saturated rings. The van der Waals surface area contributed by atoms with Crippen LogP contribution in [0.4, 0.5) is 0 Å². The number of rotatable bonds is 2. The minimum Gasteiger partial charge on any atom is -0.324 e. The van der Waals surface area contributed by atoms with Crippen molar-refractivity contribution < 1.29 is 0 Å². The Hall–Kier alpha value is -1.48. The molecule has 3 nitrogen and oxygen atoms in total. The molecule has 0 bridgehead atoms. The molecule has 1 atom stereocenters. The highest BCUT2D eigenvalue weighted by molar-refractivity contribution is 5.74. The molecule has 0 aliphatic heterocycles. The van der Waals surface area contributed by atoms with Crippen molar-refractivity contribution >= 4 is 11.0 Å². The van der Waals surface area contributed by atoms with Crippen LogP contribution in [0.15, 0.2) is 30.6 Å². The Balaban J connectivity index is 2.05. The lowest BCUT2D eigenvalue weighted by Crippen LogP contribution is -2.12. The first-order valence-electron chi connectivity index (χ1n) is 5.31. The summed E-state index contributed by atoms with van der Waals surface area (Å²) in [6, 6.07) is 6.31. The van der Waals surface area contributed by atoms with E-state index in [0.717, 1.165) is 11.0 Å². The van der Waals surface area contributed by atoms with Gasteiger partial charge >= 0.3 is 0 Å². The zero-order chi connectivity index (χ0) is 10.3. The average Bonchev–Trinajstić information content (AvgIpc) is 3.11. The van der Waals surface area contributed by atoms with Gasteiger partial charge in [-0.25, -0.2) is 0 Å². The Morgan fingerprint density at radius 3 is 2.60 bits per heavy atom. The Labute approximate surface area is 88.3 Å². The van der Waals surface area contributed by atoms with Gasteiger partial charge in [-0.3, -0.25) is 9.97 Å². The fourth-order valence-electron chi connectivity index (χ4n) is 1.92. The SMILES string of the molecule is N[C@H](c1ccc2nccnc2c1)C1CC1. The van der Waals surface area contributed by atoms with E-state index < -0.39 is 0 Å². The lowest BCUT2D eigenvalue weighted by molar-refractivity contribution is 0.634. The molecule has 76 valence electrons. The van der Waals surface area contributed by atoms with Crippen LogP contribution in [-0.4, -0.2) is 9.97 Å². The van der Waals surface area contributed by atoms with Gasteiger partial charge in [0.15, 0.2) is 0 Å².